The van der Waals surface area contributed by atoms with Crippen molar-refractivity contribution < 1.29 is 27.5 Å². The van der Waals surface area contributed by atoms with Gasteiger partial charge in [0.15, 0.2) is 0 Å². The van der Waals surface area contributed by atoms with Crippen molar-refractivity contribution >= 4 is 62.6 Å². The molecule has 3 aromatic rings. The number of fused-ring (bicyclic) bond motifs is 1. The highest BCUT2D eigenvalue weighted by Crippen LogP contribution is 2.48. The zero-order valence-electron chi connectivity index (χ0n) is 28.4. The number of methoxy groups -OCH3 is 2. The maximum absolute atomic E-state index is 14.5. The molecule has 2 saturated carbocycles. The summed E-state index contributed by atoms with van der Waals surface area (Å²) in [5.41, 5.74) is 1.21. The van der Waals surface area contributed by atoms with Crippen LogP contribution in [-0.4, -0.2) is 56.6 Å². The van der Waals surface area contributed by atoms with Crippen molar-refractivity contribution in [3.63, 3.8) is 0 Å². The highest BCUT2D eigenvalue weighted by Gasteiger charge is 2.39. The van der Waals surface area contributed by atoms with Gasteiger partial charge in [0.05, 0.1) is 37.9 Å². The smallest absolute Gasteiger partial charge is 0.330 e. The number of sulfonamides is 1. The molecule has 16 heteroatoms. The molecule has 0 spiro atoms. The number of urea groups is 1. The van der Waals surface area contributed by atoms with E-state index >= 15 is 0 Å². The zero-order valence-corrected chi connectivity index (χ0v) is 30.7. The average Bonchev–Trinajstić information content (AvgIpc) is 3.66. The molecule has 6 rings (SSSR count). The second-order valence-electron chi connectivity index (χ2n) is 13.1. The van der Waals surface area contributed by atoms with Crippen LogP contribution in [0.3, 0.4) is 0 Å². The van der Waals surface area contributed by atoms with E-state index < -0.39 is 16.1 Å². The van der Waals surface area contributed by atoms with Crippen LogP contribution in [0.15, 0.2) is 54.1 Å². The molecule has 1 aromatic heterocycles. The molecular formula is C35H41Cl2N7O6S. The Bertz CT molecular complexity index is 1910. The van der Waals surface area contributed by atoms with Gasteiger partial charge in [-0.2, -0.15) is 4.98 Å². The molecule has 2 aromatic carbocycles. The third-order valence-electron chi connectivity index (χ3n) is 10.1. The number of nitrogens with one attached hydrogen (secondary N) is 2. The molecule has 272 valence electrons. The van der Waals surface area contributed by atoms with Gasteiger partial charge in [0, 0.05) is 29.9 Å². The Hall–Kier alpha value is -4.11. The number of ether oxygens (including phenoxy) is 2. The van der Waals surface area contributed by atoms with E-state index in [1.165, 1.54) is 74.0 Å². The Balaban J connectivity index is 1.37. The minimum absolute atomic E-state index is 0.00242. The summed E-state index contributed by atoms with van der Waals surface area (Å²) < 4.78 is 35.3. The number of aromatic nitrogens is 2. The van der Waals surface area contributed by atoms with Gasteiger partial charge in [0.2, 0.25) is 21.9 Å². The lowest BCUT2D eigenvalue weighted by atomic mass is 9.75. The Morgan fingerprint density at radius 1 is 1.06 bits per heavy atom. The first-order valence-electron chi connectivity index (χ1n) is 16.8. The van der Waals surface area contributed by atoms with E-state index in [2.05, 4.69) is 22.2 Å². The zero-order chi connectivity index (χ0) is 36.4. The van der Waals surface area contributed by atoms with Crippen LogP contribution in [0.1, 0.15) is 56.1 Å². The van der Waals surface area contributed by atoms with Crippen LogP contribution >= 0.6 is 23.2 Å². The van der Waals surface area contributed by atoms with Crippen molar-refractivity contribution in [2.45, 2.75) is 75.0 Å². The third kappa shape index (κ3) is 7.74. The average molecular weight is 759 g/mol. The van der Waals surface area contributed by atoms with E-state index in [0.29, 0.717) is 28.8 Å². The molecule has 0 saturated heterocycles. The van der Waals surface area contributed by atoms with Gasteiger partial charge in [-0.05, 0) is 54.9 Å². The highest BCUT2D eigenvalue weighted by molar-refractivity contribution is 7.89. The molecule has 2 fully saturated rings. The Kier molecular flexibility index (Phi) is 11.0. The molecule has 0 radical (unpaired) electrons. The number of halogens is 2. The van der Waals surface area contributed by atoms with Gasteiger partial charge < -0.3 is 20.1 Å². The quantitative estimate of drug-likeness (QED) is 0.198. The number of rotatable bonds is 11. The largest absolute Gasteiger partial charge is 0.495 e. The van der Waals surface area contributed by atoms with Gasteiger partial charge in [0.1, 0.15) is 27.4 Å². The molecule has 4 N–H and O–H groups in total. The van der Waals surface area contributed by atoms with E-state index in [1.54, 1.807) is 18.3 Å². The number of nitrogens with two attached hydrogens (primary N) is 1. The van der Waals surface area contributed by atoms with Crippen molar-refractivity contribution in [2.24, 2.45) is 17.0 Å². The second kappa shape index (κ2) is 15.2. The SMILES string of the molecule is C=CC(=O)N[C@H]1CC(C2CCCC2)CC[C@H]1Nc1ncc2c(n1)N(Cc1cccc(S(N)(=O)=O)c1)C(=O)N(c1c(Cl)c(OC)cc(OC)c1Cl)C2. The number of nitrogens with zero attached hydrogens (tertiary/aromatic N) is 4. The minimum atomic E-state index is -4.02. The Morgan fingerprint density at radius 3 is 2.41 bits per heavy atom. The van der Waals surface area contributed by atoms with Crippen molar-refractivity contribution in [1.82, 2.24) is 15.3 Å². The predicted octanol–water partition coefficient (Wildman–Crippen LogP) is 6.04. The van der Waals surface area contributed by atoms with Crippen molar-refractivity contribution in [2.75, 3.05) is 29.3 Å². The molecule has 3 aliphatic rings. The molecule has 3 amide bonds. The summed E-state index contributed by atoms with van der Waals surface area (Å²) in [4.78, 5) is 39.2. The molecule has 1 unspecified atom stereocenters. The molecule has 13 nitrogen and oxygen atoms in total. The fourth-order valence-electron chi connectivity index (χ4n) is 7.52. The molecule has 0 bridgehead atoms. The number of carbonyl (C=O) groups is 2. The summed E-state index contributed by atoms with van der Waals surface area (Å²) in [5.74, 6) is 2.02. The van der Waals surface area contributed by atoms with Crippen LogP contribution < -0.4 is 35.0 Å². The van der Waals surface area contributed by atoms with E-state index in [0.717, 1.165) is 19.3 Å². The lowest BCUT2D eigenvalue weighted by Gasteiger charge is -2.40. The number of carbonyl (C=O) groups excluding carboxylic acids is 2. The van der Waals surface area contributed by atoms with Crippen LogP contribution in [0.4, 0.5) is 22.2 Å². The first-order valence-corrected chi connectivity index (χ1v) is 19.1. The predicted molar refractivity (Wildman–Crippen MR) is 196 cm³/mol. The number of primary sulfonamides is 1. The Labute approximate surface area is 307 Å². The fourth-order valence-corrected chi connectivity index (χ4v) is 8.81. The van der Waals surface area contributed by atoms with Crippen LogP contribution in [0.5, 0.6) is 11.5 Å². The first kappa shape index (κ1) is 36.7. The summed E-state index contributed by atoms with van der Waals surface area (Å²) >= 11 is 13.5. The molecule has 1 aliphatic heterocycles. The summed E-state index contributed by atoms with van der Waals surface area (Å²) in [6, 6.07) is 6.68. The van der Waals surface area contributed by atoms with Crippen LogP contribution in [0.25, 0.3) is 0 Å². The number of hydrogen-bond donors (Lipinski definition) is 3. The maximum Gasteiger partial charge on any atom is 0.330 e. The van der Waals surface area contributed by atoms with E-state index in [-0.39, 0.29) is 69.2 Å². The van der Waals surface area contributed by atoms with Crippen LogP contribution in [0.2, 0.25) is 10.0 Å². The van der Waals surface area contributed by atoms with Gasteiger partial charge in [-0.3, -0.25) is 14.6 Å². The van der Waals surface area contributed by atoms with Crippen molar-refractivity contribution in [3.05, 3.63) is 70.4 Å². The van der Waals surface area contributed by atoms with E-state index in [9.17, 15) is 18.0 Å². The summed E-state index contributed by atoms with van der Waals surface area (Å²) in [6.45, 7) is 3.56. The van der Waals surface area contributed by atoms with Gasteiger partial charge >= 0.3 is 6.03 Å². The first-order chi connectivity index (χ1) is 24.4. The highest BCUT2D eigenvalue weighted by atomic mass is 35.5. The summed E-state index contributed by atoms with van der Waals surface area (Å²) in [6.07, 6.45) is 10.5. The third-order valence-corrected chi connectivity index (χ3v) is 11.7. The summed E-state index contributed by atoms with van der Waals surface area (Å²) in [5, 5.41) is 12.2. The number of amides is 3. The lowest BCUT2D eigenvalue weighted by molar-refractivity contribution is -0.117. The fraction of sp³-hybridized carbons (Fsp3) is 0.429. The molecule has 3 atom stereocenters. The van der Waals surface area contributed by atoms with Gasteiger partial charge in [-0.25, -0.2) is 23.3 Å². The minimum Gasteiger partial charge on any atom is -0.495 e. The molecule has 51 heavy (non-hydrogen) atoms. The maximum atomic E-state index is 14.5. The lowest BCUT2D eigenvalue weighted by Crippen LogP contribution is -2.51. The topological polar surface area (TPSA) is 169 Å². The number of anilines is 3. The monoisotopic (exact) mass is 757 g/mol. The van der Waals surface area contributed by atoms with Crippen molar-refractivity contribution in [1.29, 1.82) is 0 Å². The second-order valence-corrected chi connectivity index (χ2v) is 15.5. The van der Waals surface area contributed by atoms with Gasteiger partial charge in [0.25, 0.3) is 0 Å². The normalized spacial score (nSPS) is 20.9. The molecule has 2 aliphatic carbocycles. The van der Waals surface area contributed by atoms with Crippen molar-refractivity contribution in [3.8, 4) is 11.5 Å². The van der Waals surface area contributed by atoms with Gasteiger partial charge in [-0.15, -0.1) is 0 Å². The number of hydrogen-bond acceptors (Lipinski definition) is 9. The van der Waals surface area contributed by atoms with Crippen LogP contribution in [0, 0.1) is 11.8 Å². The Morgan fingerprint density at radius 2 is 1.76 bits per heavy atom. The van der Waals surface area contributed by atoms with E-state index in [1.807, 2.05) is 0 Å². The van der Waals surface area contributed by atoms with Gasteiger partial charge in [-0.1, -0.05) is 67.6 Å². The van der Waals surface area contributed by atoms with E-state index in [4.69, 9.17) is 42.8 Å². The summed E-state index contributed by atoms with van der Waals surface area (Å²) in [7, 11) is -1.14. The molecular weight excluding hydrogens is 717 g/mol. The molecule has 2 heterocycles. The van der Waals surface area contributed by atoms with Crippen LogP contribution in [-0.2, 0) is 27.9 Å². The number of benzene rings is 2. The standard InChI is InChI=1S/C35H41Cl2N7O6S/c1-4-29(45)40-26-15-22(21-9-5-6-10-21)12-13-25(26)41-34-39-17-23-19-43(32-30(36)27(49-2)16-28(50-3)31(32)37)35(46)44(33(23)42-34)18-20-8-7-11-24(14-20)51(38,47)48/h4,7-8,11,14,16-17,21-22,25-26H,1,5-6,9-10,12-13,15,18-19H2,2-3H3,(H,40,45)(H2,38,47,48)(H,39,41,42)/t22?,25-,26+/m1/s1.